The monoisotopic (exact) mass is 346 g/mol. The van der Waals surface area contributed by atoms with Crippen LogP contribution < -0.4 is 5.32 Å². The maximum absolute atomic E-state index is 11.0. The van der Waals surface area contributed by atoms with Gasteiger partial charge < -0.3 is 14.4 Å². The van der Waals surface area contributed by atoms with Crippen molar-refractivity contribution in [2.75, 3.05) is 5.32 Å². The summed E-state index contributed by atoms with van der Waals surface area (Å²) in [4.78, 5) is 12.0. The van der Waals surface area contributed by atoms with Crippen LogP contribution in [-0.4, -0.2) is 29.5 Å². The summed E-state index contributed by atoms with van der Waals surface area (Å²) >= 11 is 1.31. The quantitative estimate of drug-likeness (QED) is 0.797. The van der Waals surface area contributed by atoms with Gasteiger partial charge >= 0.3 is 13.2 Å². The van der Waals surface area contributed by atoms with Crippen LogP contribution in [0.25, 0.3) is 5.47 Å². The maximum Gasteiger partial charge on any atom is 0.495 e. The number of nitrogens with zero attached hydrogens (tertiary/aromatic N) is 1. The van der Waals surface area contributed by atoms with Crippen LogP contribution in [0.1, 0.15) is 50.1 Å². The number of hydrogen-bond acceptors (Lipinski definition) is 5. The third-order valence-electron chi connectivity index (χ3n) is 4.84. The van der Waals surface area contributed by atoms with Crippen LogP contribution in [0.15, 0.2) is 6.08 Å². The van der Waals surface area contributed by atoms with Crippen molar-refractivity contribution >= 4 is 35.0 Å². The van der Waals surface area contributed by atoms with Crippen molar-refractivity contribution in [3.8, 4) is 6.07 Å². The lowest BCUT2D eigenvalue weighted by Gasteiger charge is -2.32. The SMILES string of the molecule is CC1(C)OB(C2=CCCc3sc(NC(=O)O)c(C#N)c32)OC1(C)C. The topological polar surface area (TPSA) is 91.6 Å². The molecule has 1 fully saturated rings. The summed E-state index contributed by atoms with van der Waals surface area (Å²) in [5, 5.41) is 21.2. The lowest BCUT2D eigenvalue weighted by molar-refractivity contribution is 0.00578. The summed E-state index contributed by atoms with van der Waals surface area (Å²) in [6, 6.07) is 2.14. The average Bonchev–Trinajstić information content (AvgIpc) is 2.91. The Hall–Kier alpha value is -1.82. The van der Waals surface area contributed by atoms with Crippen LogP contribution >= 0.6 is 11.3 Å². The van der Waals surface area contributed by atoms with Crippen LogP contribution in [0.4, 0.5) is 9.80 Å². The number of allylic oxidation sites excluding steroid dienone is 1. The largest absolute Gasteiger partial charge is 0.495 e. The summed E-state index contributed by atoms with van der Waals surface area (Å²) in [5.74, 6) is 0. The zero-order valence-corrected chi connectivity index (χ0v) is 14.9. The first-order chi connectivity index (χ1) is 11.2. The molecule has 1 saturated heterocycles. The first-order valence-corrected chi connectivity index (χ1v) is 8.59. The highest BCUT2D eigenvalue weighted by atomic mass is 32.1. The highest BCUT2D eigenvalue weighted by Crippen LogP contribution is 2.46. The number of hydrogen-bond donors (Lipinski definition) is 2. The van der Waals surface area contributed by atoms with Crippen molar-refractivity contribution in [2.24, 2.45) is 0 Å². The molecule has 1 aromatic heterocycles. The van der Waals surface area contributed by atoms with E-state index >= 15 is 0 Å². The molecular weight excluding hydrogens is 327 g/mol. The van der Waals surface area contributed by atoms with E-state index in [0.717, 1.165) is 28.8 Å². The first-order valence-electron chi connectivity index (χ1n) is 7.78. The maximum atomic E-state index is 11.0. The summed E-state index contributed by atoms with van der Waals surface area (Å²) in [5.41, 5.74) is 0.984. The average molecular weight is 346 g/mol. The van der Waals surface area contributed by atoms with E-state index < -0.39 is 24.4 Å². The third-order valence-corrected chi connectivity index (χ3v) is 6.01. The molecular formula is C16H19BN2O4S. The van der Waals surface area contributed by atoms with Crippen LogP contribution in [0, 0.1) is 11.3 Å². The smallest absolute Gasteiger partial charge is 0.465 e. The molecule has 126 valence electrons. The number of nitriles is 1. The molecule has 1 aromatic rings. The second kappa shape index (κ2) is 5.62. The Morgan fingerprint density at radius 1 is 1.38 bits per heavy atom. The number of fused-ring (bicyclic) bond motifs is 1. The standard InChI is InChI=1S/C16H19BN2O4S/c1-15(2)16(3,4)23-17(22-15)10-6-5-7-11-12(10)9(8-18)13(24-11)19-14(20)21/h6,19H,5,7H2,1-4H3,(H,20,21). The fourth-order valence-electron chi connectivity index (χ4n) is 2.90. The molecule has 0 unspecified atom stereocenters. The number of anilines is 1. The Morgan fingerprint density at radius 2 is 2.00 bits per heavy atom. The van der Waals surface area contributed by atoms with Gasteiger partial charge in [0.05, 0.1) is 16.8 Å². The van der Waals surface area contributed by atoms with Gasteiger partial charge in [0.2, 0.25) is 0 Å². The molecule has 0 atom stereocenters. The van der Waals surface area contributed by atoms with Crippen molar-refractivity contribution in [2.45, 2.75) is 51.7 Å². The van der Waals surface area contributed by atoms with Crippen LogP contribution in [-0.2, 0) is 15.7 Å². The van der Waals surface area contributed by atoms with Gasteiger partial charge in [-0.2, -0.15) is 5.26 Å². The Balaban J connectivity index is 2.03. The van der Waals surface area contributed by atoms with Crippen LogP contribution in [0.3, 0.4) is 0 Å². The van der Waals surface area contributed by atoms with Crippen molar-refractivity contribution in [1.82, 2.24) is 0 Å². The minimum Gasteiger partial charge on any atom is -0.465 e. The fourth-order valence-corrected chi connectivity index (χ4v) is 4.07. The zero-order chi connectivity index (χ0) is 17.7. The predicted octanol–water partition coefficient (Wildman–Crippen LogP) is 3.67. The van der Waals surface area contributed by atoms with E-state index in [-0.39, 0.29) is 0 Å². The third kappa shape index (κ3) is 2.63. The van der Waals surface area contributed by atoms with Gasteiger partial charge in [-0.1, -0.05) is 6.08 Å². The molecule has 1 aliphatic heterocycles. The number of aryl methyl sites for hydroxylation is 1. The van der Waals surface area contributed by atoms with Gasteiger partial charge in [-0.15, -0.1) is 11.3 Å². The first kappa shape index (κ1) is 17.0. The van der Waals surface area contributed by atoms with Crippen LogP contribution in [0.5, 0.6) is 0 Å². The van der Waals surface area contributed by atoms with Crippen LogP contribution in [0.2, 0.25) is 0 Å². The Labute approximate surface area is 145 Å². The highest BCUT2D eigenvalue weighted by Gasteiger charge is 2.53. The van der Waals surface area contributed by atoms with E-state index in [2.05, 4.69) is 11.4 Å². The van der Waals surface area contributed by atoms with Crippen molar-refractivity contribution in [1.29, 1.82) is 5.26 Å². The lowest BCUT2D eigenvalue weighted by atomic mass is 9.70. The van der Waals surface area contributed by atoms with E-state index in [9.17, 15) is 10.1 Å². The molecule has 2 heterocycles. The van der Waals surface area contributed by atoms with Gasteiger partial charge in [-0.3, -0.25) is 5.32 Å². The van der Waals surface area contributed by atoms with Gasteiger partial charge in [0.15, 0.2) is 0 Å². The summed E-state index contributed by atoms with van der Waals surface area (Å²) in [6.45, 7) is 7.92. The molecule has 0 saturated carbocycles. The molecule has 2 N–H and O–H groups in total. The molecule has 1 aliphatic carbocycles. The van der Waals surface area contributed by atoms with Gasteiger partial charge in [-0.25, -0.2) is 4.79 Å². The van der Waals surface area contributed by atoms with Gasteiger partial charge in [-0.05, 0) is 46.0 Å². The van der Waals surface area contributed by atoms with Crippen molar-refractivity contribution in [3.63, 3.8) is 0 Å². The Kier molecular flexibility index (Phi) is 3.99. The van der Waals surface area contributed by atoms with E-state index in [1.165, 1.54) is 11.3 Å². The normalized spacial score (nSPS) is 21.0. The number of nitrogens with one attached hydrogen (secondary N) is 1. The number of rotatable bonds is 2. The Morgan fingerprint density at radius 3 is 2.54 bits per heavy atom. The number of amides is 1. The summed E-state index contributed by atoms with van der Waals surface area (Å²) in [7, 11) is -0.562. The molecule has 6 nitrogen and oxygen atoms in total. The fraction of sp³-hybridized carbons (Fsp3) is 0.500. The molecule has 2 aliphatic rings. The second-order valence-electron chi connectivity index (χ2n) is 6.93. The second-order valence-corrected chi connectivity index (χ2v) is 8.04. The number of carboxylic acid groups (broad SMARTS) is 1. The van der Waals surface area contributed by atoms with Gasteiger partial charge in [0.1, 0.15) is 11.1 Å². The summed E-state index contributed by atoms with van der Waals surface area (Å²) in [6.07, 6.45) is 2.44. The van der Waals surface area contributed by atoms with Gasteiger partial charge in [0, 0.05) is 10.4 Å². The minimum absolute atomic E-state index is 0.345. The van der Waals surface area contributed by atoms with Crippen molar-refractivity contribution in [3.05, 3.63) is 22.1 Å². The highest BCUT2D eigenvalue weighted by molar-refractivity contribution is 7.17. The van der Waals surface area contributed by atoms with Gasteiger partial charge in [0.25, 0.3) is 0 Å². The Bertz CT molecular complexity index is 760. The summed E-state index contributed by atoms with van der Waals surface area (Å²) < 4.78 is 12.2. The molecule has 0 bridgehead atoms. The van der Waals surface area contributed by atoms with E-state index in [1.54, 1.807) is 0 Å². The van der Waals surface area contributed by atoms with E-state index in [0.29, 0.717) is 10.6 Å². The molecule has 1 amide bonds. The van der Waals surface area contributed by atoms with Crippen molar-refractivity contribution < 1.29 is 19.2 Å². The van der Waals surface area contributed by atoms with E-state index in [1.807, 2.05) is 33.8 Å². The molecule has 0 spiro atoms. The molecule has 0 radical (unpaired) electrons. The molecule has 8 heteroatoms. The number of carbonyl (C=O) groups is 1. The molecule has 0 aromatic carbocycles. The molecule has 3 rings (SSSR count). The minimum atomic E-state index is -1.17. The zero-order valence-electron chi connectivity index (χ0n) is 14.1. The number of thiophene rings is 1. The predicted molar refractivity (Wildman–Crippen MR) is 93.1 cm³/mol. The lowest BCUT2D eigenvalue weighted by Crippen LogP contribution is -2.41. The van der Waals surface area contributed by atoms with E-state index in [4.69, 9.17) is 14.4 Å². The molecule has 24 heavy (non-hydrogen) atoms.